The largest absolute Gasteiger partial charge is 0.444 e. The molecule has 1 unspecified atom stereocenters. The number of aliphatic hydroxyl groups is 1. The van der Waals surface area contributed by atoms with Gasteiger partial charge in [0, 0.05) is 23.6 Å². The molecule has 1 fully saturated rings. The molecule has 0 bridgehead atoms. The number of hydrogen-bond acceptors (Lipinski definition) is 5. The average Bonchev–Trinajstić information content (AvgIpc) is 2.99. The second kappa shape index (κ2) is 6.24. The van der Waals surface area contributed by atoms with Crippen molar-refractivity contribution < 1.29 is 14.6 Å². The number of likely N-dealkylation sites (tertiary alicyclic amines) is 1. The fourth-order valence-electron chi connectivity index (χ4n) is 3.16. The molecule has 2 aromatic rings. The van der Waals surface area contributed by atoms with Crippen LogP contribution in [0.25, 0.3) is 11.0 Å². The summed E-state index contributed by atoms with van der Waals surface area (Å²) < 4.78 is 8.04. The third-order valence-electron chi connectivity index (χ3n) is 4.20. The van der Waals surface area contributed by atoms with Gasteiger partial charge in [0.1, 0.15) is 28.3 Å². The number of aromatic nitrogens is 3. The van der Waals surface area contributed by atoms with Crippen LogP contribution < -0.4 is 0 Å². The topological polar surface area (TPSA) is 80.5 Å². The van der Waals surface area contributed by atoms with Gasteiger partial charge in [-0.1, -0.05) is 11.6 Å². The van der Waals surface area contributed by atoms with E-state index < -0.39 is 17.3 Å². The second-order valence-electron chi connectivity index (χ2n) is 7.27. The first-order chi connectivity index (χ1) is 11.5. The van der Waals surface area contributed by atoms with Gasteiger partial charge in [0.25, 0.3) is 0 Å². The number of β-amino-alcohol motifs (C(OH)–C–C–N with tert-alkyl or cyclic N) is 1. The van der Waals surface area contributed by atoms with E-state index >= 15 is 0 Å². The minimum atomic E-state index is -1.19. The van der Waals surface area contributed by atoms with Gasteiger partial charge < -0.3 is 19.3 Å². The molecule has 3 rings (SSSR count). The number of hydrogen-bond donors (Lipinski definition) is 1. The number of carbonyl (C=O) groups excluding carboxylic acids is 1. The Labute approximate surface area is 164 Å². The molecule has 1 aliphatic heterocycles. The van der Waals surface area contributed by atoms with Crippen LogP contribution in [0.2, 0.25) is 5.15 Å². The average molecular weight is 479 g/mol. The number of nitrogens with zero attached hydrogens (tertiary/aromatic N) is 4. The molecule has 2 aromatic heterocycles. The summed E-state index contributed by atoms with van der Waals surface area (Å²) in [4.78, 5) is 22.2. The molecule has 0 saturated carbocycles. The number of ether oxygens (including phenoxy) is 1. The van der Waals surface area contributed by atoms with Gasteiger partial charge in [0.15, 0.2) is 0 Å². The molecule has 7 nitrogen and oxygen atoms in total. The van der Waals surface area contributed by atoms with Crippen LogP contribution in [-0.4, -0.2) is 49.3 Å². The van der Waals surface area contributed by atoms with E-state index in [9.17, 15) is 9.90 Å². The minimum Gasteiger partial charge on any atom is -0.444 e. The van der Waals surface area contributed by atoms with E-state index in [0.29, 0.717) is 34.8 Å². The number of carbonyl (C=O) groups is 1. The van der Waals surface area contributed by atoms with E-state index in [1.54, 1.807) is 0 Å². The molecule has 1 aliphatic rings. The molecule has 9 heteroatoms. The van der Waals surface area contributed by atoms with Gasteiger partial charge in [-0.25, -0.2) is 14.8 Å². The van der Waals surface area contributed by atoms with Crippen molar-refractivity contribution in [3.8, 4) is 0 Å². The minimum absolute atomic E-state index is 0.160. The molecule has 136 valence electrons. The van der Waals surface area contributed by atoms with Gasteiger partial charge in [-0.15, -0.1) is 0 Å². The summed E-state index contributed by atoms with van der Waals surface area (Å²) in [5, 5.41) is 12.3. The lowest BCUT2D eigenvalue weighted by molar-refractivity contribution is 0.0115. The fourth-order valence-corrected chi connectivity index (χ4v) is 4.90. The zero-order valence-electron chi connectivity index (χ0n) is 14.5. The third-order valence-corrected chi connectivity index (χ3v) is 5.54. The molecule has 3 heterocycles. The summed E-state index contributed by atoms with van der Waals surface area (Å²) in [7, 11) is 1.83. The van der Waals surface area contributed by atoms with E-state index in [2.05, 4.69) is 32.6 Å². The van der Waals surface area contributed by atoms with E-state index in [1.165, 1.54) is 11.2 Å². The molecule has 25 heavy (non-hydrogen) atoms. The summed E-state index contributed by atoms with van der Waals surface area (Å²) in [5.74, 6) is 0. The summed E-state index contributed by atoms with van der Waals surface area (Å²) >= 11 is 8.37. The Morgan fingerprint density at radius 1 is 1.44 bits per heavy atom. The summed E-state index contributed by atoms with van der Waals surface area (Å²) in [5.41, 5.74) is -0.415. The van der Waals surface area contributed by atoms with Crippen molar-refractivity contribution in [3.63, 3.8) is 0 Å². The fraction of sp³-hybridized carbons (Fsp3) is 0.562. The monoisotopic (exact) mass is 478 g/mol. The molecule has 1 amide bonds. The lowest BCUT2D eigenvalue weighted by Crippen LogP contribution is -2.39. The Bertz CT molecular complexity index is 848. The number of amides is 1. The highest BCUT2D eigenvalue weighted by atomic mass is 127. The Morgan fingerprint density at radius 3 is 2.72 bits per heavy atom. The van der Waals surface area contributed by atoms with Crippen LogP contribution in [0.1, 0.15) is 32.9 Å². The summed E-state index contributed by atoms with van der Waals surface area (Å²) in [6.45, 7) is 6.04. The van der Waals surface area contributed by atoms with Crippen LogP contribution in [0.5, 0.6) is 0 Å². The van der Waals surface area contributed by atoms with E-state index in [0.717, 1.165) is 3.57 Å². The highest BCUT2D eigenvalue weighted by Crippen LogP contribution is 2.40. The van der Waals surface area contributed by atoms with Gasteiger partial charge in [0.2, 0.25) is 0 Å². The zero-order valence-corrected chi connectivity index (χ0v) is 17.4. The van der Waals surface area contributed by atoms with Crippen LogP contribution in [0.4, 0.5) is 4.79 Å². The van der Waals surface area contributed by atoms with Crippen molar-refractivity contribution >= 4 is 51.3 Å². The molecule has 1 atom stereocenters. The van der Waals surface area contributed by atoms with Crippen LogP contribution in [-0.2, 0) is 17.4 Å². The normalized spacial score (nSPS) is 21.2. The van der Waals surface area contributed by atoms with Crippen LogP contribution >= 0.6 is 34.2 Å². The number of fused-ring (bicyclic) bond motifs is 1. The maximum absolute atomic E-state index is 12.3. The molecule has 0 aliphatic carbocycles. The quantitative estimate of drug-likeness (QED) is 0.503. The molecule has 0 radical (unpaired) electrons. The van der Waals surface area contributed by atoms with Crippen LogP contribution in [0, 0.1) is 3.57 Å². The molecule has 1 saturated heterocycles. The maximum Gasteiger partial charge on any atom is 0.410 e. The maximum atomic E-state index is 12.3. The van der Waals surface area contributed by atoms with Crippen molar-refractivity contribution in [2.75, 3.05) is 13.1 Å². The van der Waals surface area contributed by atoms with Crippen molar-refractivity contribution in [2.45, 2.75) is 38.4 Å². The van der Waals surface area contributed by atoms with Crippen molar-refractivity contribution in [1.82, 2.24) is 19.4 Å². The standard InChI is InChI=1S/C16H20ClIN4O3/c1-15(2,3)25-14(23)22-6-5-16(24,7-22)11-10(18)9-12(17)19-8-20-13(9)21(11)4/h8,24H,5-7H2,1-4H3. The predicted octanol–water partition coefficient (Wildman–Crippen LogP) is 3.05. The molecule has 0 aromatic carbocycles. The van der Waals surface area contributed by atoms with E-state index in [4.69, 9.17) is 16.3 Å². The highest BCUT2D eigenvalue weighted by Gasteiger charge is 2.44. The van der Waals surface area contributed by atoms with Crippen molar-refractivity contribution in [1.29, 1.82) is 0 Å². The SMILES string of the molecule is Cn1c(C2(O)CCN(C(=O)OC(C)(C)C)C2)c(I)c2c(Cl)ncnc21. The first-order valence-corrected chi connectivity index (χ1v) is 9.34. The highest BCUT2D eigenvalue weighted by molar-refractivity contribution is 14.1. The summed E-state index contributed by atoms with van der Waals surface area (Å²) in [6.07, 6.45) is 1.39. The predicted molar refractivity (Wildman–Crippen MR) is 103 cm³/mol. The molecule has 1 N–H and O–H groups in total. The Hall–Kier alpha value is -1.13. The van der Waals surface area contributed by atoms with Gasteiger partial charge >= 0.3 is 6.09 Å². The van der Waals surface area contributed by atoms with Gasteiger partial charge in [-0.3, -0.25) is 0 Å². The molecular weight excluding hydrogens is 459 g/mol. The Morgan fingerprint density at radius 2 is 2.12 bits per heavy atom. The van der Waals surface area contributed by atoms with Gasteiger partial charge in [0.05, 0.1) is 17.6 Å². The smallest absolute Gasteiger partial charge is 0.410 e. The lowest BCUT2D eigenvalue weighted by atomic mass is 9.99. The number of halogens is 2. The Balaban J connectivity index is 1.96. The number of aryl methyl sites for hydroxylation is 1. The third kappa shape index (κ3) is 3.31. The van der Waals surface area contributed by atoms with Gasteiger partial charge in [-0.2, -0.15) is 0 Å². The van der Waals surface area contributed by atoms with Crippen molar-refractivity contribution in [2.24, 2.45) is 7.05 Å². The first kappa shape index (κ1) is 18.7. The zero-order chi connectivity index (χ0) is 18.6. The van der Waals surface area contributed by atoms with E-state index in [-0.39, 0.29) is 6.54 Å². The second-order valence-corrected chi connectivity index (χ2v) is 8.70. The lowest BCUT2D eigenvalue weighted by Gasteiger charge is -2.27. The van der Waals surface area contributed by atoms with E-state index in [1.807, 2.05) is 32.4 Å². The first-order valence-electron chi connectivity index (χ1n) is 7.89. The van der Waals surface area contributed by atoms with Gasteiger partial charge in [-0.05, 0) is 43.4 Å². The number of rotatable bonds is 1. The molecular formula is C16H20ClIN4O3. The molecule has 0 spiro atoms. The van der Waals surface area contributed by atoms with Crippen LogP contribution in [0.3, 0.4) is 0 Å². The summed E-state index contributed by atoms with van der Waals surface area (Å²) in [6, 6.07) is 0. The Kier molecular flexibility index (Phi) is 4.66. The van der Waals surface area contributed by atoms with Crippen molar-refractivity contribution in [3.05, 3.63) is 20.7 Å². The van der Waals surface area contributed by atoms with Crippen LogP contribution in [0.15, 0.2) is 6.33 Å².